The van der Waals surface area contributed by atoms with Crippen LogP contribution >= 0.6 is 11.5 Å². The standard InChI is InChI=1S/C8H9N5OS/c1-3-2-4(15-13-3)7-11-6(10)5(9)8(14)12-7/h2H,9H2,1H3,(H3,10,11,12,14). The number of nitrogens with zero attached hydrogens (tertiary/aromatic N) is 2. The van der Waals surface area contributed by atoms with Crippen molar-refractivity contribution in [1.29, 1.82) is 0 Å². The maximum Gasteiger partial charge on any atom is 0.276 e. The third-order valence-corrected chi connectivity index (χ3v) is 2.73. The molecule has 78 valence electrons. The molecule has 0 aliphatic heterocycles. The van der Waals surface area contributed by atoms with Crippen LogP contribution in [0.5, 0.6) is 0 Å². The van der Waals surface area contributed by atoms with E-state index in [1.807, 2.05) is 13.0 Å². The van der Waals surface area contributed by atoms with Gasteiger partial charge in [-0.1, -0.05) is 0 Å². The highest BCUT2D eigenvalue weighted by Crippen LogP contribution is 2.21. The molecule has 5 N–H and O–H groups in total. The quantitative estimate of drug-likeness (QED) is 0.646. The first-order valence-corrected chi connectivity index (χ1v) is 4.94. The van der Waals surface area contributed by atoms with Crippen molar-refractivity contribution in [2.24, 2.45) is 0 Å². The fourth-order valence-electron chi connectivity index (χ4n) is 1.09. The highest BCUT2D eigenvalue weighted by molar-refractivity contribution is 7.09. The second-order valence-corrected chi connectivity index (χ2v) is 3.85. The minimum absolute atomic E-state index is 0.0415. The van der Waals surface area contributed by atoms with Gasteiger partial charge in [0.05, 0.1) is 10.6 Å². The van der Waals surface area contributed by atoms with Gasteiger partial charge in [-0.3, -0.25) is 4.79 Å². The van der Waals surface area contributed by atoms with Crippen molar-refractivity contribution >= 4 is 23.0 Å². The van der Waals surface area contributed by atoms with E-state index in [-0.39, 0.29) is 11.5 Å². The molecule has 0 aromatic carbocycles. The summed E-state index contributed by atoms with van der Waals surface area (Å²) >= 11 is 1.25. The van der Waals surface area contributed by atoms with E-state index >= 15 is 0 Å². The number of anilines is 2. The molecule has 0 saturated heterocycles. The lowest BCUT2D eigenvalue weighted by Gasteiger charge is -2.00. The Labute approximate surface area is 89.1 Å². The van der Waals surface area contributed by atoms with Crippen LogP contribution in [0.15, 0.2) is 10.9 Å². The molecule has 0 aliphatic carbocycles. The van der Waals surface area contributed by atoms with Crippen molar-refractivity contribution in [2.75, 3.05) is 11.5 Å². The van der Waals surface area contributed by atoms with Crippen molar-refractivity contribution in [3.63, 3.8) is 0 Å². The van der Waals surface area contributed by atoms with Gasteiger partial charge in [0.15, 0.2) is 11.6 Å². The van der Waals surface area contributed by atoms with E-state index in [1.165, 1.54) is 11.5 Å². The number of nitrogens with one attached hydrogen (secondary N) is 1. The van der Waals surface area contributed by atoms with Gasteiger partial charge in [0.2, 0.25) is 0 Å². The van der Waals surface area contributed by atoms with Gasteiger partial charge in [0.1, 0.15) is 5.69 Å². The molecule has 0 bridgehead atoms. The van der Waals surface area contributed by atoms with E-state index < -0.39 is 5.56 Å². The van der Waals surface area contributed by atoms with Crippen LogP contribution in [-0.4, -0.2) is 14.3 Å². The number of nitrogen functional groups attached to an aromatic ring is 2. The summed E-state index contributed by atoms with van der Waals surface area (Å²) in [6, 6.07) is 1.82. The molecule has 2 aromatic heterocycles. The van der Waals surface area contributed by atoms with Crippen LogP contribution in [0.3, 0.4) is 0 Å². The fraction of sp³-hybridized carbons (Fsp3) is 0.125. The predicted octanol–water partition coefficient (Wildman–Crippen LogP) is 0.366. The molecule has 0 atom stereocenters. The smallest absolute Gasteiger partial charge is 0.276 e. The van der Waals surface area contributed by atoms with Gasteiger partial charge in [-0.15, -0.1) is 0 Å². The number of rotatable bonds is 1. The van der Waals surface area contributed by atoms with Crippen LogP contribution in [0.25, 0.3) is 10.7 Å². The summed E-state index contributed by atoms with van der Waals surface area (Å²) in [5.74, 6) is 0.442. The van der Waals surface area contributed by atoms with E-state index in [4.69, 9.17) is 11.5 Å². The van der Waals surface area contributed by atoms with Crippen molar-refractivity contribution in [2.45, 2.75) is 6.92 Å². The van der Waals surface area contributed by atoms with Gasteiger partial charge in [0, 0.05) is 0 Å². The molecule has 0 aliphatic rings. The molecule has 2 rings (SSSR count). The second-order valence-electron chi connectivity index (χ2n) is 3.05. The van der Waals surface area contributed by atoms with Crippen LogP contribution in [0.1, 0.15) is 5.69 Å². The van der Waals surface area contributed by atoms with E-state index in [1.54, 1.807) is 0 Å². The van der Waals surface area contributed by atoms with Gasteiger partial charge in [-0.05, 0) is 24.5 Å². The van der Waals surface area contributed by atoms with E-state index in [0.29, 0.717) is 5.82 Å². The van der Waals surface area contributed by atoms with Crippen LogP contribution < -0.4 is 17.0 Å². The highest BCUT2D eigenvalue weighted by Gasteiger charge is 2.09. The first kappa shape index (κ1) is 9.66. The monoisotopic (exact) mass is 223 g/mol. The molecule has 0 unspecified atom stereocenters. The molecular weight excluding hydrogens is 214 g/mol. The van der Waals surface area contributed by atoms with E-state index in [9.17, 15) is 4.79 Å². The van der Waals surface area contributed by atoms with Gasteiger partial charge >= 0.3 is 0 Å². The van der Waals surface area contributed by atoms with Crippen molar-refractivity contribution in [3.05, 3.63) is 22.1 Å². The molecule has 6 nitrogen and oxygen atoms in total. The van der Waals surface area contributed by atoms with Gasteiger partial charge < -0.3 is 16.5 Å². The number of aromatic nitrogens is 3. The maximum atomic E-state index is 11.3. The zero-order chi connectivity index (χ0) is 11.0. The Balaban J connectivity index is 2.60. The first-order valence-electron chi connectivity index (χ1n) is 4.17. The molecule has 0 saturated carbocycles. The molecule has 0 amide bonds. The molecule has 15 heavy (non-hydrogen) atoms. The summed E-state index contributed by atoms with van der Waals surface area (Å²) in [5, 5.41) is 0. The average Bonchev–Trinajstić information content (AvgIpc) is 2.60. The molecule has 0 fully saturated rings. The topological polar surface area (TPSA) is 111 Å². The van der Waals surface area contributed by atoms with Crippen molar-refractivity contribution in [3.8, 4) is 10.7 Å². The van der Waals surface area contributed by atoms with E-state index in [0.717, 1.165) is 10.6 Å². The summed E-state index contributed by atoms with van der Waals surface area (Å²) in [5.41, 5.74) is 11.3. The molecule has 2 aromatic rings. The summed E-state index contributed by atoms with van der Waals surface area (Å²) in [4.78, 5) is 18.6. The number of hydrogen-bond acceptors (Lipinski definition) is 6. The average molecular weight is 223 g/mol. The van der Waals surface area contributed by atoms with Gasteiger partial charge in [0.25, 0.3) is 5.56 Å². The zero-order valence-corrected chi connectivity index (χ0v) is 8.76. The maximum absolute atomic E-state index is 11.3. The lowest BCUT2D eigenvalue weighted by molar-refractivity contribution is 1.15. The predicted molar refractivity (Wildman–Crippen MR) is 59.5 cm³/mol. The second kappa shape index (κ2) is 3.35. The van der Waals surface area contributed by atoms with Crippen molar-refractivity contribution < 1.29 is 0 Å². The highest BCUT2D eigenvalue weighted by atomic mass is 32.1. The summed E-state index contributed by atoms with van der Waals surface area (Å²) < 4.78 is 4.08. The van der Waals surface area contributed by atoms with Crippen LogP contribution in [0.2, 0.25) is 0 Å². The lowest BCUT2D eigenvalue weighted by atomic mass is 10.3. The number of aromatic amines is 1. The Hall–Kier alpha value is -1.89. The number of hydrogen-bond donors (Lipinski definition) is 3. The van der Waals surface area contributed by atoms with Gasteiger partial charge in [-0.25, -0.2) is 4.98 Å². The summed E-state index contributed by atoms with van der Waals surface area (Å²) in [6.45, 7) is 1.86. The number of H-pyrrole nitrogens is 1. The normalized spacial score (nSPS) is 10.5. The number of aryl methyl sites for hydroxylation is 1. The molecule has 0 radical (unpaired) electrons. The molecule has 0 spiro atoms. The minimum atomic E-state index is -0.427. The minimum Gasteiger partial charge on any atom is -0.391 e. The molecule has 7 heteroatoms. The lowest BCUT2D eigenvalue weighted by Crippen LogP contribution is -2.16. The van der Waals surface area contributed by atoms with Crippen molar-refractivity contribution in [1.82, 2.24) is 14.3 Å². The summed E-state index contributed by atoms with van der Waals surface area (Å²) in [6.07, 6.45) is 0. The van der Waals surface area contributed by atoms with Crippen LogP contribution in [0, 0.1) is 6.92 Å². The Kier molecular flexibility index (Phi) is 2.16. The van der Waals surface area contributed by atoms with Crippen LogP contribution in [-0.2, 0) is 0 Å². The third-order valence-electron chi connectivity index (χ3n) is 1.85. The zero-order valence-electron chi connectivity index (χ0n) is 7.94. The van der Waals surface area contributed by atoms with Crippen LogP contribution in [0.4, 0.5) is 11.5 Å². The summed E-state index contributed by atoms with van der Waals surface area (Å²) in [7, 11) is 0. The molecular formula is C8H9N5OS. The third kappa shape index (κ3) is 1.68. The first-order chi connectivity index (χ1) is 7.08. The largest absolute Gasteiger partial charge is 0.391 e. The molecule has 2 heterocycles. The number of nitrogens with two attached hydrogens (primary N) is 2. The Morgan fingerprint density at radius 3 is 2.73 bits per heavy atom. The van der Waals surface area contributed by atoms with Gasteiger partial charge in [-0.2, -0.15) is 4.37 Å². The fourth-order valence-corrected chi connectivity index (χ4v) is 1.79. The van der Waals surface area contributed by atoms with E-state index in [2.05, 4.69) is 14.3 Å². The Morgan fingerprint density at radius 2 is 2.20 bits per heavy atom. The SMILES string of the molecule is Cc1cc(-c2nc(N)c(N)c(=O)[nH]2)sn1. The Bertz CT molecular complexity index is 558. The Morgan fingerprint density at radius 1 is 1.47 bits per heavy atom.